The molecule has 0 amide bonds. The molecule has 0 aliphatic heterocycles. The molecule has 0 aromatic heterocycles. The number of hydrogen-bond donors (Lipinski definition) is 1. The molecule has 0 saturated heterocycles. The Labute approximate surface area is 92.2 Å². The van der Waals surface area contributed by atoms with E-state index in [0.29, 0.717) is 0 Å². The van der Waals surface area contributed by atoms with Gasteiger partial charge in [0, 0.05) is 12.1 Å². The van der Waals surface area contributed by atoms with Gasteiger partial charge < -0.3 is 10.5 Å². The zero-order valence-corrected chi connectivity index (χ0v) is 8.87. The molecule has 0 spiro atoms. The zero-order chi connectivity index (χ0) is 12.2. The van der Waals surface area contributed by atoms with Gasteiger partial charge in [0.25, 0.3) is 0 Å². The minimum Gasteiger partial charge on any atom is -0.461 e. The molecule has 0 radical (unpaired) electrons. The van der Waals surface area contributed by atoms with E-state index in [0.717, 1.165) is 5.56 Å². The fourth-order valence-electron chi connectivity index (χ4n) is 1.19. The van der Waals surface area contributed by atoms with Crippen LogP contribution in [-0.2, 0) is 22.0 Å². The maximum absolute atomic E-state index is 13.5. The van der Waals surface area contributed by atoms with Crippen molar-refractivity contribution >= 4 is 5.97 Å². The molecule has 0 aliphatic rings. The van der Waals surface area contributed by atoms with Gasteiger partial charge in [-0.1, -0.05) is 24.3 Å². The van der Waals surface area contributed by atoms with Gasteiger partial charge in [-0.05, 0) is 12.5 Å². The maximum atomic E-state index is 13.5. The first kappa shape index (κ1) is 12.6. The molecule has 3 nitrogen and oxygen atoms in total. The van der Waals surface area contributed by atoms with Crippen molar-refractivity contribution in [3.8, 4) is 0 Å². The van der Waals surface area contributed by atoms with Gasteiger partial charge in [0.1, 0.15) is 0 Å². The fraction of sp³-hybridized carbons (Fsp3) is 0.364. The topological polar surface area (TPSA) is 52.3 Å². The number of nitrogens with two attached hydrogens (primary N) is 1. The van der Waals surface area contributed by atoms with Crippen LogP contribution in [-0.4, -0.2) is 12.6 Å². The number of benzene rings is 1. The Hall–Kier alpha value is -1.49. The molecule has 16 heavy (non-hydrogen) atoms. The van der Waals surface area contributed by atoms with Crippen LogP contribution in [0.3, 0.4) is 0 Å². The Balaban J connectivity index is 2.93. The first-order chi connectivity index (χ1) is 7.52. The Morgan fingerprint density at radius 3 is 2.38 bits per heavy atom. The standard InChI is InChI=1S/C11H13F2NO2/c1-2-16-10(15)11(12,13)9-5-3-8(7-14)4-6-9/h3-6H,2,7,14H2,1H3. The van der Waals surface area contributed by atoms with E-state index in [1.165, 1.54) is 31.2 Å². The number of carbonyl (C=O) groups excluding carboxylic acids is 1. The quantitative estimate of drug-likeness (QED) is 0.801. The van der Waals surface area contributed by atoms with Crippen molar-refractivity contribution in [1.82, 2.24) is 0 Å². The van der Waals surface area contributed by atoms with Crippen LogP contribution in [0.2, 0.25) is 0 Å². The first-order valence-electron chi connectivity index (χ1n) is 4.87. The first-order valence-corrected chi connectivity index (χ1v) is 4.87. The van der Waals surface area contributed by atoms with Crippen molar-refractivity contribution in [3.63, 3.8) is 0 Å². The van der Waals surface area contributed by atoms with Gasteiger partial charge in [0.2, 0.25) is 0 Å². The summed E-state index contributed by atoms with van der Waals surface area (Å²) < 4.78 is 31.2. The van der Waals surface area contributed by atoms with Gasteiger partial charge in [0.15, 0.2) is 0 Å². The SMILES string of the molecule is CCOC(=O)C(F)(F)c1ccc(CN)cc1. The molecular weight excluding hydrogens is 216 g/mol. The third-order valence-corrected chi connectivity index (χ3v) is 2.08. The van der Waals surface area contributed by atoms with E-state index in [2.05, 4.69) is 4.74 Å². The summed E-state index contributed by atoms with van der Waals surface area (Å²) in [6.45, 7) is 1.67. The lowest BCUT2D eigenvalue weighted by atomic mass is 10.1. The van der Waals surface area contributed by atoms with Crippen LogP contribution in [0.15, 0.2) is 24.3 Å². The van der Waals surface area contributed by atoms with Gasteiger partial charge in [-0.15, -0.1) is 0 Å². The van der Waals surface area contributed by atoms with Crippen LogP contribution in [0.25, 0.3) is 0 Å². The van der Waals surface area contributed by atoms with Crippen LogP contribution < -0.4 is 5.73 Å². The Morgan fingerprint density at radius 1 is 1.38 bits per heavy atom. The smallest absolute Gasteiger partial charge is 0.381 e. The lowest BCUT2D eigenvalue weighted by molar-refractivity contribution is -0.173. The fourth-order valence-corrected chi connectivity index (χ4v) is 1.19. The summed E-state index contributed by atoms with van der Waals surface area (Å²) in [6.07, 6.45) is 0. The Morgan fingerprint density at radius 2 is 1.94 bits per heavy atom. The molecular formula is C11H13F2NO2. The van der Waals surface area contributed by atoms with E-state index in [9.17, 15) is 13.6 Å². The third-order valence-electron chi connectivity index (χ3n) is 2.08. The molecule has 0 aliphatic carbocycles. The number of alkyl halides is 2. The number of carbonyl (C=O) groups is 1. The summed E-state index contributed by atoms with van der Waals surface area (Å²) in [4.78, 5) is 11.0. The summed E-state index contributed by atoms with van der Waals surface area (Å²) in [7, 11) is 0. The van der Waals surface area contributed by atoms with Gasteiger partial charge in [-0.2, -0.15) is 8.78 Å². The predicted molar refractivity (Wildman–Crippen MR) is 54.9 cm³/mol. The van der Waals surface area contributed by atoms with Crippen molar-refractivity contribution in [3.05, 3.63) is 35.4 Å². The van der Waals surface area contributed by atoms with Gasteiger partial charge in [0.05, 0.1) is 6.61 Å². The molecule has 0 unspecified atom stereocenters. The van der Waals surface area contributed by atoms with E-state index in [-0.39, 0.29) is 18.7 Å². The lowest BCUT2D eigenvalue weighted by Gasteiger charge is -2.14. The number of halogens is 2. The van der Waals surface area contributed by atoms with E-state index in [1.807, 2.05) is 0 Å². The van der Waals surface area contributed by atoms with Crippen molar-refractivity contribution in [1.29, 1.82) is 0 Å². The Bertz CT molecular complexity index is 363. The monoisotopic (exact) mass is 229 g/mol. The molecule has 5 heteroatoms. The van der Waals surface area contributed by atoms with Crippen molar-refractivity contribution in [2.45, 2.75) is 19.4 Å². The number of ether oxygens (including phenoxy) is 1. The molecule has 2 N–H and O–H groups in total. The minimum absolute atomic E-state index is 0.0741. The number of hydrogen-bond acceptors (Lipinski definition) is 3. The molecule has 0 heterocycles. The summed E-state index contributed by atoms with van der Waals surface area (Å²) in [5.41, 5.74) is 5.68. The molecule has 0 atom stereocenters. The van der Waals surface area contributed by atoms with Crippen LogP contribution in [0.1, 0.15) is 18.1 Å². The lowest BCUT2D eigenvalue weighted by Crippen LogP contribution is -2.28. The molecule has 0 fully saturated rings. The predicted octanol–water partition coefficient (Wildman–Crippen LogP) is 1.80. The molecule has 88 valence electrons. The molecule has 0 bridgehead atoms. The number of esters is 1. The average molecular weight is 229 g/mol. The van der Waals surface area contributed by atoms with Crippen LogP contribution in [0, 0.1) is 0 Å². The average Bonchev–Trinajstić information content (AvgIpc) is 2.29. The second-order valence-corrected chi connectivity index (χ2v) is 3.20. The number of rotatable bonds is 4. The zero-order valence-electron chi connectivity index (χ0n) is 8.87. The van der Waals surface area contributed by atoms with Gasteiger partial charge in [-0.25, -0.2) is 4.79 Å². The van der Waals surface area contributed by atoms with Crippen LogP contribution in [0.4, 0.5) is 8.78 Å². The van der Waals surface area contributed by atoms with Crippen molar-refractivity contribution in [2.24, 2.45) is 5.73 Å². The van der Waals surface area contributed by atoms with E-state index < -0.39 is 11.9 Å². The third kappa shape index (κ3) is 2.55. The highest BCUT2D eigenvalue weighted by atomic mass is 19.3. The van der Waals surface area contributed by atoms with Crippen molar-refractivity contribution < 1.29 is 18.3 Å². The molecule has 1 rings (SSSR count). The normalized spacial score (nSPS) is 11.2. The van der Waals surface area contributed by atoms with E-state index in [4.69, 9.17) is 5.73 Å². The van der Waals surface area contributed by atoms with E-state index >= 15 is 0 Å². The summed E-state index contributed by atoms with van der Waals surface area (Å²) in [5.74, 6) is -5.14. The summed E-state index contributed by atoms with van der Waals surface area (Å²) >= 11 is 0. The largest absolute Gasteiger partial charge is 0.461 e. The highest BCUT2D eigenvalue weighted by molar-refractivity contribution is 5.79. The second kappa shape index (κ2) is 5.03. The van der Waals surface area contributed by atoms with Crippen LogP contribution in [0.5, 0.6) is 0 Å². The van der Waals surface area contributed by atoms with Crippen molar-refractivity contribution in [2.75, 3.05) is 6.61 Å². The maximum Gasteiger partial charge on any atom is 0.381 e. The molecule has 1 aromatic carbocycles. The van der Waals surface area contributed by atoms with Gasteiger partial charge >= 0.3 is 11.9 Å². The summed E-state index contributed by atoms with van der Waals surface area (Å²) in [6, 6.07) is 5.28. The summed E-state index contributed by atoms with van der Waals surface area (Å²) in [5, 5.41) is 0. The Kier molecular flexibility index (Phi) is 3.95. The minimum atomic E-state index is -3.61. The highest BCUT2D eigenvalue weighted by Gasteiger charge is 2.42. The molecule has 0 saturated carbocycles. The van der Waals surface area contributed by atoms with Crippen LogP contribution >= 0.6 is 0 Å². The highest BCUT2D eigenvalue weighted by Crippen LogP contribution is 2.29. The second-order valence-electron chi connectivity index (χ2n) is 3.20. The van der Waals surface area contributed by atoms with Gasteiger partial charge in [-0.3, -0.25) is 0 Å². The van der Waals surface area contributed by atoms with E-state index in [1.54, 1.807) is 0 Å². The molecule has 1 aromatic rings.